The number of hydrogen-bond acceptors (Lipinski definition) is 4. The minimum Gasteiger partial charge on any atom is -0.456 e. The largest absolute Gasteiger partial charge is 0.456 e. The Hall–Kier alpha value is -1.16. The van der Waals surface area contributed by atoms with Crippen molar-refractivity contribution in [3.63, 3.8) is 0 Å². The standard InChI is InChI=1S/C15H20O4/c1-3-4-5-10-13-11(16)6-9-7-18-8-12(15(9,13)2)19-14(10)17/h9,12H,3-8H2,1-2H3/t9-,12+,15-/m0/s1. The molecule has 0 unspecified atom stereocenters. The topological polar surface area (TPSA) is 52.6 Å². The zero-order valence-corrected chi connectivity index (χ0v) is 11.5. The zero-order chi connectivity index (χ0) is 13.6. The number of ketones is 1. The van der Waals surface area contributed by atoms with Gasteiger partial charge < -0.3 is 9.47 Å². The van der Waals surface area contributed by atoms with Gasteiger partial charge in [-0.05, 0) is 12.8 Å². The second-order valence-corrected chi connectivity index (χ2v) is 6.00. The van der Waals surface area contributed by atoms with Gasteiger partial charge in [-0.3, -0.25) is 4.79 Å². The van der Waals surface area contributed by atoms with Crippen LogP contribution in [0.5, 0.6) is 0 Å². The van der Waals surface area contributed by atoms with E-state index >= 15 is 0 Å². The van der Waals surface area contributed by atoms with Gasteiger partial charge in [-0.25, -0.2) is 4.79 Å². The van der Waals surface area contributed by atoms with Crippen LogP contribution in [0.2, 0.25) is 0 Å². The van der Waals surface area contributed by atoms with Gasteiger partial charge in [0.05, 0.1) is 13.2 Å². The van der Waals surface area contributed by atoms with E-state index in [1.165, 1.54) is 0 Å². The van der Waals surface area contributed by atoms with Gasteiger partial charge in [0.15, 0.2) is 5.78 Å². The van der Waals surface area contributed by atoms with Crippen LogP contribution in [0, 0.1) is 11.3 Å². The van der Waals surface area contributed by atoms with E-state index in [0.29, 0.717) is 31.6 Å². The zero-order valence-electron chi connectivity index (χ0n) is 11.5. The van der Waals surface area contributed by atoms with E-state index in [9.17, 15) is 9.59 Å². The summed E-state index contributed by atoms with van der Waals surface area (Å²) < 4.78 is 11.1. The van der Waals surface area contributed by atoms with Gasteiger partial charge >= 0.3 is 5.97 Å². The Labute approximate surface area is 113 Å². The van der Waals surface area contributed by atoms with Crippen molar-refractivity contribution in [1.29, 1.82) is 0 Å². The molecule has 0 aromatic heterocycles. The minimum absolute atomic E-state index is 0.130. The molecule has 19 heavy (non-hydrogen) atoms. The van der Waals surface area contributed by atoms with Crippen LogP contribution in [-0.2, 0) is 19.1 Å². The number of rotatable bonds is 3. The molecule has 1 saturated carbocycles. The summed E-state index contributed by atoms with van der Waals surface area (Å²) in [5.41, 5.74) is 1.08. The summed E-state index contributed by atoms with van der Waals surface area (Å²) >= 11 is 0. The SMILES string of the molecule is CCCCC1=C2C(=O)C[C@H]3COC[C@@H](OC1=O)[C@@]23C. The smallest absolute Gasteiger partial charge is 0.334 e. The molecule has 3 rings (SSSR count). The summed E-state index contributed by atoms with van der Waals surface area (Å²) in [6.45, 7) is 5.17. The average Bonchev–Trinajstić information content (AvgIpc) is 2.63. The molecular formula is C15H20O4. The number of carbonyl (C=O) groups excluding carboxylic acids is 2. The maximum absolute atomic E-state index is 12.4. The van der Waals surface area contributed by atoms with Crippen molar-refractivity contribution in [2.75, 3.05) is 13.2 Å². The lowest BCUT2D eigenvalue weighted by Gasteiger charge is -2.45. The molecule has 0 bridgehead atoms. The van der Waals surface area contributed by atoms with Gasteiger partial charge in [-0.2, -0.15) is 0 Å². The quantitative estimate of drug-likeness (QED) is 0.732. The first-order valence-corrected chi connectivity index (χ1v) is 7.14. The molecule has 0 aromatic rings. The fraction of sp³-hybridized carbons (Fsp3) is 0.733. The molecule has 3 aliphatic rings. The summed E-state index contributed by atoms with van der Waals surface area (Å²) in [7, 11) is 0. The maximum atomic E-state index is 12.4. The fourth-order valence-corrected chi connectivity index (χ4v) is 3.72. The number of hydrogen-bond donors (Lipinski definition) is 0. The van der Waals surface area contributed by atoms with Gasteiger partial charge in [0, 0.05) is 28.9 Å². The van der Waals surface area contributed by atoms with E-state index in [1.54, 1.807) is 0 Å². The number of carbonyl (C=O) groups is 2. The molecule has 4 heteroatoms. The van der Waals surface area contributed by atoms with E-state index in [2.05, 4.69) is 13.8 Å². The summed E-state index contributed by atoms with van der Waals surface area (Å²) in [4.78, 5) is 24.5. The Kier molecular flexibility index (Phi) is 3.01. The number of unbranched alkanes of at least 4 members (excludes halogenated alkanes) is 1. The lowest BCUT2D eigenvalue weighted by molar-refractivity contribution is -0.172. The maximum Gasteiger partial charge on any atom is 0.334 e. The first-order valence-electron chi connectivity index (χ1n) is 7.14. The fourth-order valence-electron chi connectivity index (χ4n) is 3.72. The lowest BCUT2D eigenvalue weighted by atomic mass is 9.68. The predicted octanol–water partition coefficient (Wildman–Crippen LogP) is 2.02. The minimum atomic E-state index is -0.313. The molecule has 0 amide bonds. The lowest BCUT2D eigenvalue weighted by Crippen LogP contribution is -2.52. The van der Waals surface area contributed by atoms with Crippen molar-refractivity contribution in [2.24, 2.45) is 11.3 Å². The Morgan fingerprint density at radius 3 is 2.84 bits per heavy atom. The van der Waals surface area contributed by atoms with Crippen molar-refractivity contribution in [2.45, 2.75) is 45.6 Å². The summed E-state index contributed by atoms with van der Waals surface area (Å²) in [5.74, 6) is -0.00495. The molecule has 0 radical (unpaired) electrons. The number of Topliss-reactive ketones (excluding diaryl/α,β-unsaturated/α-hetero) is 1. The van der Waals surface area contributed by atoms with Crippen LogP contribution in [0.3, 0.4) is 0 Å². The van der Waals surface area contributed by atoms with Gasteiger partial charge in [-0.1, -0.05) is 20.3 Å². The molecule has 4 nitrogen and oxygen atoms in total. The van der Waals surface area contributed by atoms with Crippen molar-refractivity contribution in [3.05, 3.63) is 11.1 Å². The van der Waals surface area contributed by atoms with Crippen LogP contribution < -0.4 is 0 Å². The van der Waals surface area contributed by atoms with E-state index in [1.807, 2.05) is 0 Å². The molecular weight excluding hydrogens is 244 g/mol. The molecule has 1 aliphatic carbocycles. The highest BCUT2D eigenvalue weighted by Gasteiger charge is 2.59. The van der Waals surface area contributed by atoms with Gasteiger partial charge in [0.1, 0.15) is 6.10 Å². The molecule has 2 heterocycles. The molecule has 2 aliphatic heterocycles. The molecule has 0 spiro atoms. The molecule has 0 N–H and O–H groups in total. The van der Waals surface area contributed by atoms with Crippen molar-refractivity contribution >= 4 is 11.8 Å². The van der Waals surface area contributed by atoms with Crippen LogP contribution in [0.15, 0.2) is 11.1 Å². The number of ether oxygens (including phenoxy) is 2. The summed E-state index contributed by atoms with van der Waals surface area (Å²) in [5, 5.41) is 0. The van der Waals surface area contributed by atoms with Crippen molar-refractivity contribution in [1.82, 2.24) is 0 Å². The highest BCUT2D eigenvalue weighted by atomic mass is 16.6. The molecule has 1 saturated heterocycles. The normalized spacial score (nSPS) is 37.4. The molecule has 104 valence electrons. The first kappa shape index (κ1) is 12.9. The van der Waals surface area contributed by atoms with E-state index in [0.717, 1.165) is 18.4 Å². The summed E-state index contributed by atoms with van der Waals surface area (Å²) in [6, 6.07) is 0. The predicted molar refractivity (Wildman–Crippen MR) is 68.5 cm³/mol. The second-order valence-electron chi connectivity index (χ2n) is 6.00. The Morgan fingerprint density at radius 2 is 2.11 bits per heavy atom. The average molecular weight is 264 g/mol. The third-order valence-corrected chi connectivity index (χ3v) is 4.93. The third kappa shape index (κ3) is 1.69. The monoisotopic (exact) mass is 264 g/mol. The Balaban J connectivity index is 2.08. The first-order chi connectivity index (χ1) is 9.09. The Bertz CT molecular complexity index is 465. The summed E-state index contributed by atoms with van der Waals surface area (Å²) in [6.07, 6.45) is 2.79. The van der Waals surface area contributed by atoms with Gasteiger partial charge in [-0.15, -0.1) is 0 Å². The third-order valence-electron chi connectivity index (χ3n) is 4.93. The van der Waals surface area contributed by atoms with Crippen molar-refractivity contribution in [3.8, 4) is 0 Å². The second kappa shape index (κ2) is 4.44. The van der Waals surface area contributed by atoms with Crippen LogP contribution in [-0.4, -0.2) is 31.1 Å². The van der Waals surface area contributed by atoms with Crippen LogP contribution >= 0.6 is 0 Å². The van der Waals surface area contributed by atoms with Crippen LogP contribution in [0.25, 0.3) is 0 Å². The van der Waals surface area contributed by atoms with Crippen molar-refractivity contribution < 1.29 is 19.1 Å². The van der Waals surface area contributed by atoms with Gasteiger partial charge in [0.25, 0.3) is 0 Å². The molecule has 3 atom stereocenters. The number of esters is 1. The van der Waals surface area contributed by atoms with E-state index in [-0.39, 0.29) is 29.2 Å². The van der Waals surface area contributed by atoms with Crippen LogP contribution in [0.1, 0.15) is 39.5 Å². The molecule has 2 fully saturated rings. The molecule has 0 aromatic carbocycles. The van der Waals surface area contributed by atoms with E-state index < -0.39 is 0 Å². The highest BCUT2D eigenvalue weighted by Crippen LogP contribution is 2.54. The Morgan fingerprint density at radius 1 is 1.32 bits per heavy atom. The highest BCUT2D eigenvalue weighted by molar-refractivity contribution is 6.08. The van der Waals surface area contributed by atoms with Crippen LogP contribution in [0.4, 0.5) is 0 Å². The van der Waals surface area contributed by atoms with Gasteiger partial charge in [0.2, 0.25) is 0 Å². The van der Waals surface area contributed by atoms with E-state index in [4.69, 9.17) is 9.47 Å².